The molecule has 0 aliphatic carbocycles. The molecule has 1 aliphatic rings. The summed E-state index contributed by atoms with van der Waals surface area (Å²) in [5.41, 5.74) is 2.05. The van der Waals surface area contributed by atoms with Gasteiger partial charge in [-0.1, -0.05) is 11.6 Å². The molecular weight excluding hydrogens is 535 g/mol. The molecule has 0 saturated carbocycles. The average molecular weight is 565 g/mol. The number of halogens is 2. The van der Waals surface area contributed by atoms with Crippen molar-refractivity contribution in [1.29, 1.82) is 0 Å². The predicted molar refractivity (Wildman–Crippen MR) is 135 cm³/mol. The maximum absolute atomic E-state index is 6.33. The molecule has 0 atom stereocenters. The molecule has 1 aromatic heterocycles. The molecule has 0 radical (unpaired) electrons. The Morgan fingerprint density at radius 1 is 1.30 bits per heavy atom. The molecule has 1 aromatic carbocycles. The van der Waals surface area contributed by atoms with Gasteiger partial charge < -0.3 is 20.1 Å². The van der Waals surface area contributed by atoms with Crippen molar-refractivity contribution in [2.45, 2.75) is 38.6 Å². The van der Waals surface area contributed by atoms with Gasteiger partial charge in [-0.2, -0.15) is 0 Å². The van der Waals surface area contributed by atoms with Crippen LogP contribution >= 0.6 is 46.9 Å². The van der Waals surface area contributed by atoms with Crippen LogP contribution in [-0.2, 0) is 16.7 Å². The summed E-state index contributed by atoms with van der Waals surface area (Å²) in [5.74, 6) is 1.62. The Hall–Kier alpha value is -1.10. The summed E-state index contributed by atoms with van der Waals surface area (Å²) in [7, 11) is 3.49. The first-order valence-corrected chi connectivity index (χ1v) is 11.0. The van der Waals surface area contributed by atoms with Crippen molar-refractivity contribution in [1.82, 2.24) is 15.6 Å². The Balaban J connectivity index is 0.00000320. The molecule has 1 aliphatic heterocycles. The van der Waals surface area contributed by atoms with Crippen LogP contribution in [0.15, 0.2) is 23.2 Å². The van der Waals surface area contributed by atoms with Crippen LogP contribution in [0, 0.1) is 13.8 Å². The first-order chi connectivity index (χ1) is 14.0. The lowest BCUT2D eigenvalue weighted by molar-refractivity contribution is 0.0505. The molecule has 2 N–H and O–H groups in total. The zero-order valence-corrected chi connectivity index (χ0v) is 21.8. The van der Waals surface area contributed by atoms with E-state index in [1.807, 2.05) is 32.0 Å². The molecule has 0 bridgehead atoms. The van der Waals surface area contributed by atoms with E-state index in [-0.39, 0.29) is 29.4 Å². The third kappa shape index (κ3) is 5.99. The van der Waals surface area contributed by atoms with Crippen LogP contribution in [0.25, 0.3) is 0 Å². The Morgan fingerprint density at radius 3 is 2.63 bits per heavy atom. The highest BCUT2D eigenvalue weighted by Gasteiger charge is 2.37. The van der Waals surface area contributed by atoms with Crippen molar-refractivity contribution in [2.24, 2.45) is 4.99 Å². The Bertz CT molecular complexity index is 869. The minimum absolute atomic E-state index is 0. The van der Waals surface area contributed by atoms with Gasteiger partial charge in [-0.3, -0.25) is 4.99 Å². The highest BCUT2D eigenvalue weighted by atomic mass is 127. The van der Waals surface area contributed by atoms with E-state index in [1.165, 1.54) is 4.88 Å². The minimum atomic E-state index is -0.136. The van der Waals surface area contributed by atoms with Gasteiger partial charge in [0.25, 0.3) is 0 Å². The van der Waals surface area contributed by atoms with Gasteiger partial charge in [0.1, 0.15) is 5.75 Å². The van der Waals surface area contributed by atoms with Crippen LogP contribution in [0.2, 0.25) is 5.02 Å². The second-order valence-electron chi connectivity index (χ2n) is 7.26. The first kappa shape index (κ1) is 25.2. The number of ether oxygens (including phenoxy) is 2. The van der Waals surface area contributed by atoms with E-state index in [0.717, 1.165) is 40.8 Å². The van der Waals surface area contributed by atoms with Crippen molar-refractivity contribution in [3.8, 4) is 5.75 Å². The normalized spacial score (nSPS) is 16.0. The summed E-state index contributed by atoms with van der Waals surface area (Å²) in [6, 6.07) is 5.83. The largest absolute Gasteiger partial charge is 0.496 e. The Kier molecular flexibility index (Phi) is 9.65. The fourth-order valence-corrected chi connectivity index (χ4v) is 4.82. The summed E-state index contributed by atoms with van der Waals surface area (Å²) >= 11 is 8.04. The lowest BCUT2D eigenvalue weighted by atomic mass is 9.73. The molecule has 6 nitrogen and oxygen atoms in total. The van der Waals surface area contributed by atoms with Gasteiger partial charge in [-0.25, -0.2) is 4.98 Å². The number of aromatic nitrogens is 1. The van der Waals surface area contributed by atoms with E-state index in [1.54, 1.807) is 25.5 Å². The number of methoxy groups -OCH3 is 1. The van der Waals surface area contributed by atoms with Gasteiger partial charge in [0.15, 0.2) is 5.96 Å². The van der Waals surface area contributed by atoms with Crippen molar-refractivity contribution in [3.05, 3.63) is 44.4 Å². The van der Waals surface area contributed by atoms with E-state index in [4.69, 9.17) is 21.1 Å². The number of hydrogen-bond donors (Lipinski definition) is 2. The number of aliphatic imine (C=N–C) groups is 1. The summed E-state index contributed by atoms with van der Waals surface area (Å²) in [6.45, 7) is 6.91. The lowest BCUT2D eigenvalue weighted by Gasteiger charge is -2.39. The van der Waals surface area contributed by atoms with Crippen LogP contribution in [0.4, 0.5) is 0 Å². The second kappa shape index (κ2) is 11.5. The average Bonchev–Trinajstić information content (AvgIpc) is 3.05. The molecule has 1 fully saturated rings. The van der Waals surface area contributed by atoms with Gasteiger partial charge in [0, 0.05) is 47.7 Å². The van der Waals surface area contributed by atoms with E-state index < -0.39 is 0 Å². The third-order valence-electron chi connectivity index (χ3n) is 5.42. The van der Waals surface area contributed by atoms with Gasteiger partial charge in [-0.15, -0.1) is 35.3 Å². The molecule has 2 aromatic rings. The van der Waals surface area contributed by atoms with Crippen LogP contribution in [-0.4, -0.2) is 44.9 Å². The molecule has 2 heterocycles. The predicted octanol–water partition coefficient (Wildman–Crippen LogP) is 4.45. The van der Waals surface area contributed by atoms with Crippen LogP contribution in [0.1, 0.15) is 34.0 Å². The number of benzene rings is 1. The lowest BCUT2D eigenvalue weighted by Crippen LogP contribution is -2.48. The van der Waals surface area contributed by atoms with E-state index in [2.05, 4.69) is 20.6 Å². The Labute approximate surface area is 204 Å². The zero-order chi connectivity index (χ0) is 20.9. The summed E-state index contributed by atoms with van der Waals surface area (Å²) < 4.78 is 11.3. The van der Waals surface area contributed by atoms with E-state index in [0.29, 0.717) is 31.3 Å². The number of nitrogens with zero attached hydrogens (tertiary/aromatic N) is 2. The first-order valence-electron chi connectivity index (χ1n) is 9.76. The van der Waals surface area contributed by atoms with Gasteiger partial charge in [0.2, 0.25) is 0 Å². The molecule has 9 heteroatoms. The number of nitrogens with one attached hydrogen (secondary N) is 2. The number of guanidine groups is 1. The van der Waals surface area contributed by atoms with Crippen molar-refractivity contribution >= 4 is 52.9 Å². The number of hydrogen-bond acceptors (Lipinski definition) is 5. The molecule has 0 spiro atoms. The highest BCUT2D eigenvalue weighted by Crippen LogP contribution is 2.40. The maximum Gasteiger partial charge on any atom is 0.191 e. The highest BCUT2D eigenvalue weighted by molar-refractivity contribution is 14.0. The summed E-state index contributed by atoms with van der Waals surface area (Å²) in [5, 5.41) is 8.72. The van der Waals surface area contributed by atoms with Crippen LogP contribution < -0.4 is 15.4 Å². The molecule has 3 rings (SSSR count). The van der Waals surface area contributed by atoms with E-state index >= 15 is 0 Å². The number of aryl methyl sites for hydroxylation is 2. The molecule has 1 saturated heterocycles. The fourth-order valence-electron chi connectivity index (χ4n) is 3.77. The summed E-state index contributed by atoms with van der Waals surface area (Å²) in [4.78, 5) is 10.1. The van der Waals surface area contributed by atoms with Crippen molar-refractivity contribution in [2.75, 3.05) is 33.9 Å². The maximum atomic E-state index is 6.33. The topological polar surface area (TPSA) is 67.8 Å². The number of rotatable bonds is 6. The standard InChI is InChI=1S/C21H29ClN4O2S.HI/c1-14-19(29-15(2)26-14)12-24-20(23-3)25-13-21(7-9-28-10-8-21)17-11-16(22)5-6-18(17)27-4;/h5-6,11H,7-10,12-13H2,1-4H3,(H2,23,24,25);1H. The Morgan fingerprint density at radius 2 is 2.03 bits per heavy atom. The summed E-state index contributed by atoms with van der Waals surface area (Å²) in [6.07, 6.45) is 1.78. The second-order valence-corrected chi connectivity index (χ2v) is 8.98. The monoisotopic (exact) mass is 564 g/mol. The minimum Gasteiger partial charge on any atom is -0.496 e. The van der Waals surface area contributed by atoms with E-state index in [9.17, 15) is 0 Å². The zero-order valence-electron chi connectivity index (χ0n) is 17.9. The molecule has 166 valence electrons. The van der Waals surface area contributed by atoms with Crippen molar-refractivity contribution < 1.29 is 9.47 Å². The van der Waals surface area contributed by atoms with Crippen LogP contribution in [0.3, 0.4) is 0 Å². The van der Waals surface area contributed by atoms with Gasteiger partial charge in [0.05, 0.1) is 24.4 Å². The fraction of sp³-hybridized carbons (Fsp3) is 0.524. The van der Waals surface area contributed by atoms with Crippen LogP contribution in [0.5, 0.6) is 5.75 Å². The molecule has 30 heavy (non-hydrogen) atoms. The molecule has 0 amide bonds. The third-order valence-corrected chi connectivity index (χ3v) is 6.72. The smallest absolute Gasteiger partial charge is 0.191 e. The SMILES string of the molecule is CN=C(NCc1sc(C)nc1C)NCC1(c2cc(Cl)ccc2OC)CCOCC1.I. The molecular formula is C21H30ClIN4O2S. The van der Waals surface area contributed by atoms with Gasteiger partial charge >= 0.3 is 0 Å². The van der Waals surface area contributed by atoms with Gasteiger partial charge in [-0.05, 0) is 44.9 Å². The quantitative estimate of drug-likeness (QED) is 0.308. The molecule has 0 unspecified atom stereocenters. The number of thiazole rings is 1. The van der Waals surface area contributed by atoms with Crippen molar-refractivity contribution in [3.63, 3.8) is 0 Å².